The quantitative estimate of drug-likeness (QED) is 0.685. The number of piperazine rings is 1. The summed E-state index contributed by atoms with van der Waals surface area (Å²) in [7, 11) is 0. The fraction of sp³-hybridized carbons (Fsp3) is 0.409. The van der Waals surface area contributed by atoms with Crippen LogP contribution < -0.4 is 4.74 Å². The van der Waals surface area contributed by atoms with Gasteiger partial charge in [-0.25, -0.2) is 4.98 Å². The number of aromatic nitrogens is 1. The lowest BCUT2D eigenvalue weighted by Crippen LogP contribution is -2.50. The van der Waals surface area contributed by atoms with Crippen LogP contribution in [-0.4, -0.2) is 52.8 Å². The van der Waals surface area contributed by atoms with Crippen molar-refractivity contribution in [1.29, 1.82) is 0 Å². The van der Waals surface area contributed by atoms with Crippen molar-refractivity contribution in [2.45, 2.75) is 26.4 Å². The van der Waals surface area contributed by atoms with Gasteiger partial charge < -0.3 is 14.5 Å². The van der Waals surface area contributed by atoms with Crippen LogP contribution in [0.15, 0.2) is 35.7 Å². The summed E-state index contributed by atoms with van der Waals surface area (Å²) in [6.45, 7) is 4.91. The van der Waals surface area contributed by atoms with Crippen molar-refractivity contribution < 1.29 is 14.3 Å². The molecule has 1 saturated heterocycles. The molecule has 2 amide bonds. The molecule has 2 aliphatic rings. The Morgan fingerprint density at radius 3 is 2.45 bits per heavy atom. The third-order valence-corrected chi connectivity index (χ3v) is 6.00. The molecule has 1 aromatic carbocycles. The molecule has 0 spiro atoms. The summed E-state index contributed by atoms with van der Waals surface area (Å²) in [5.41, 5.74) is 1.87. The minimum atomic E-state index is -0.0113. The second-order valence-corrected chi connectivity index (χ2v) is 8.54. The number of nitrogens with zero attached hydrogens (tertiary/aromatic N) is 3. The summed E-state index contributed by atoms with van der Waals surface area (Å²) in [6, 6.07) is 7.65. The van der Waals surface area contributed by atoms with E-state index >= 15 is 0 Å². The van der Waals surface area contributed by atoms with Gasteiger partial charge in [0.15, 0.2) is 0 Å². The van der Waals surface area contributed by atoms with E-state index in [2.05, 4.69) is 4.98 Å². The molecule has 29 heavy (non-hydrogen) atoms. The third-order valence-electron chi connectivity index (χ3n) is 5.18. The molecule has 0 atom stereocenters. The van der Waals surface area contributed by atoms with Crippen LogP contribution in [-0.2, 0) is 16.2 Å². The van der Waals surface area contributed by atoms with Gasteiger partial charge in [0.05, 0.1) is 10.7 Å². The zero-order chi connectivity index (χ0) is 20.2. The van der Waals surface area contributed by atoms with Crippen LogP contribution in [0.4, 0.5) is 0 Å². The zero-order valence-electron chi connectivity index (χ0n) is 16.5. The second kappa shape index (κ2) is 8.78. The van der Waals surface area contributed by atoms with Crippen molar-refractivity contribution in [2.24, 2.45) is 5.92 Å². The summed E-state index contributed by atoms with van der Waals surface area (Å²) < 4.78 is 5.74. The van der Waals surface area contributed by atoms with Crippen molar-refractivity contribution in [3.63, 3.8) is 0 Å². The van der Waals surface area contributed by atoms with Crippen molar-refractivity contribution in [2.75, 3.05) is 26.2 Å². The molecular weight excluding hydrogens is 386 g/mol. The van der Waals surface area contributed by atoms with Gasteiger partial charge in [-0.05, 0) is 43.5 Å². The minimum Gasteiger partial charge on any atom is -0.487 e. The molecule has 1 aromatic heterocycles. The highest BCUT2D eigenvalue weighted by atomic mass is 32.1. The first-order chi connectivity index (χ1) is 14.1. The SMILES string of the molecule is Cc1nc(COc2ccc(/C=C/C(=O)N3CCN(C(=O)C4CC4)CC3)cc2)cs1. The fourth-order valence-electron chi connectivity index (χ4n) is 3.32. The zero-order valence-corrected chi connectivity index (χ0v) is 17.4. The van der Waals surface area contributed by atoms with Crippen molar-refractivity contribution in [1.82, 2.24) is 14.8 Å². The van der Waals surface area contributed by atoms with Gasteiger partial charge in [-0.3, -0.25) is 9.59 Å². The van der Waals surface area contributed by atoms with Crippen molar-refractivity contribution >= 4 is 29.2 Å². The van der Waals surface area contributed by atoms with Crippen LogP contribution in [0.25, 0.3) is 6.08 Å². The smallest absolute Gasteiger partial charge is 0.246 e. The fourth-order valence-corrected chi connectivity index (χ4v) is 3.91. The number of ether oxygens (including phenoxy) is 1. The van der Waals surface area contributed by atoms with E-state index in [0.717, 1.165) is 34.9 Å². The van der Waals surface area contributed by atoms with E-state index in [4.69, 9.17) is 4.74 Å². The Morgan fingerprint density at radius 2 is 1.83 bits per heavy atom. The predicted octanol–water partition coefficient (Wildman–Crippen LogP) is 3.12. The van der Waals surface area contributed by atoms with E-state index in [1.807, 2.05) is 47.5 Å². The Labute approximate surface area is 174 Å². The summed E-state index contributed by atoms with van der Waals surface area (Å²) in [5, 5.41) is 3.03. The Kier molecular flexibility index (Phi) is 5.94. The van der Waals surface area contributed by atoms with Gasteiger partial charge in [0.25, 0.3) is 0 Å². The minimum absolute atomic E-state index is 0.0113. The number of benzene rings is 1. The normalized spacial score (nSPS) is 17.0. The Morgan fingerprint density at radius 1 is 1.14 bits per heavy atom. The van der Waals surface area contributed by atoms with Crippen LogP contribution in [0, 0.1) is 12.8 Å². The number of hydrogen-bond donors (Lipinski definition) is 0. The molecule has 0 bridgehead atoms. The summed E-state index contributed by atoms with van der Waals surface area (Å²) >= 11 is 1.61. The van der Waals surface area contributed by atoms with Gasteiger partial charge in [0, 0.05) is 43.6 Å². The molecule has 0 radical (unpaired) electrons. The number of aryl methyl sites for hydroxylation is 1. The number of amides is 2. The topological polar surface area (TPSA) is 62.7 Å². The first kappa shape index (κ1) is 19.6. The van der Waals surface area contributed by atoms with Gasteiger partial charge in [-0.15, -0.1) is 11.3 Å². The molecule has 152 valence electrons. The molecule has 1 saturated carbocycles. The van der Waals surface area contributed by atoms with E-state index in [9.17, 15) is 9.59 Å². The van der Waals surface area contributed by atoms with Crippen LogP contribution >= 0.6 is 11.3 Å². The number of thiazole rings is 1. The van der Waals surface area contributed by atoms with Crippen molar-refractivity contribution in [3.05, 3.63) is 52.0 Å². The van der Waals surface area contributed by atoms with Gasteiger partial charge in [-0.2, -0.15) is 0 Å². The first-order valence-electron chi connectivity index (χ1n) is 9.98. The van der Waals surface area contributed by atoms with E-state index in [1.54, 1.807) is 22.3 Å². The van der Waals surface area contributed by atoms with Gasteiger partial charge in [-0.1, -0.05) is 12.1 Å². The highest BCUT2D eigenvalue weighted by molar-refractivity contribution is 7.09. The first-order valence-corrected chi connectivity index (χ1v) is 10.9. The Balaban J connectivity index is 1.24. The molecule has 4 rings (SSSR count). The maximum Gasteiger partial charge on any atom is 0.246 e. The molecule has 1 aliphatic carbocycles. The molecule has 2 fully saturated rings. The average molecular weight is 412 g/mol. The predicted molar refractivity (Wildman–Crippen MR) is 113 cm³/mol. The largest absolute Gasteiger partial charge is 0.487 e. The lowest BCUT2D eigenvalue weighted by molar-refractivity contribution is -0.138. The highest BCUT2D eigenvalue weighted by Crippen LogP contribution is 2.31. The van der Waals surface area contributed by atoms with Crippen LogP contribution in [0.2, 0.25) is 0 Å². The lowest BCUT2D eigenvalue weighted by atomic mass is 10.2. The Hall–Kier alpha value is -2.67. The Bertz CT molecular complexity index is 894. The number of rotatable bonds is 6. The molecule has 6 nitrogen and oxygen atoms in total. The molecule has 0 N–H and O–H groups in total. The number of hydrogen-bond acceptors (Lipinski definition) is 5. The van der Waals surface area contributed by atoms with Crippen LogP contribution in [0.1, 0.15) is 29.1 Å². The molecule has 0 unspecified atom stereocenters. The van der Waals surface area contributed by atoms with E-state index < -0.39 is 0 Å². The average Bonchev–Trinajstić information content (AvgIpc) is 3.52. The molecular formula is C22H25N3O3S. The monoisotopic (exact) mass is 411 g/mol. The summed E-state index contributed by atoms with van der Waals surface area (Å²) in [4.78, 5) is 32.6. The highest BCUT2D eigenvalue weighted by Gasteiger charge is 2.34. The van der Waals surface area contributed by atoms with E-state index in [0.29, 0.717) is 32.8 Å². The molecule has 7 heteroatoms. The van der Waals surface area contributed by atoms with Gasteiger partial charge >= 0.3 is 0 Å². The number of carbonyl (C=O) groups is 2. The third kappa shape index (κ3) is 5.23. The molecule has 1 aliphatic heterocycles. The summed E-state index contributed by atoms with van der Waals surface area (Å²) in [6.07, 6.45) is 5.47. The standard InChI is InChI=1S/C22H25N3O3S/c1-16-23-19(15-29-16)14-28-20-7-2-17(3-8-20)4-9-21(26)24-10-12-25(13-11-24)22(27)18-5-6-18/h2-4,7-9,15,18H,5-6,10-14H2,1H3/b9-4+. The van der Waals surface area contributed by atoms with Crippen LogP contribution in [0.3, 0.4) is 0 Å². The summed E-state index contributed by atoms with van der Waals surface area (Å²) in [5.74, 6) is 1.27. The van der Waals surface area contributed by atoms with E-state index in [1.165, 1.54) is 0 Å². The lowest BCUT2D eigenvalue weighted by Gasteiger charge is -2.34. The number of carbonyl (C=O) groups excluding carboxylic acids is 2. The van der Waals surface area contributed by atoms with Gasteiger partial charge in [0.1, 0.15) is 12.4 Å². The maximum absolute atomic E-state index is 12.4. The molecule has 2 heterocycles. The van der Waals surface area contributed by atoms with Gasteiger partial charge in [0.2, 0.25) is 11.8 Å². The maximum atomic E-state index is 12.4. The van der Waals surface area contributed by atoms with Crippen molar-refractivity contribution in [3.8, 4) is 5.75 Å². The van der Waals surface area contributed by atoms with E-state index in [-0.39, 0.29) is 17.7 Å². The second-order valence-electron chi connectivity index (χ2n) is 7.47. The molecule has 2 aromatic rings. The van der Waals surface area contributed by atoms with Crippen LogP contribution in [0.5, 0.6) is 5.75 Å².